The molecule has 0 saturated carbocycles. The molecule has 5 rings (SSSR count). The monoisotopic (exact) mass is 614 g/mol. The highest BCUT2D eigenvalue weighted by Gasteiger charge is 2.43. The maximum Gasteiger partial charge on any atom is 0.415 e. The highest BCUT2D eigenvalue weighted by Crippen LogP contribution is 2.42. The average Bonchev–Trinajstić information content (AvgIpc) is 2.94. The smallest absolute Gasteiger partial charge is 0.415 e. The molecule has 13 heteroatoms. The van der Waals surface area contributed by atoms with Crippen LogP contribution < -0.4 is 25.0 Å². The molecule has 1 spiro atoms. The van der Waals surface area contributed by atoms with E-state index in [2.05, 4.69) is 20.5 Å². The second-order valence-corrected chi connectivity index (χ2v) is 12.5. The number of carbonyl (C=O) groups excluding carboxylic acids is 2. The third kappa shape index (κ3) is 7.14. The van der Waals surface area contributed by atoms with Crippen LogP contribution in [-0.2, 0) is 14.3 Å². The Labute approximate surface area is 256 Å². The Hall–Kier alpha value is -3.61. The summed E-state index contributed by atoms with van der Waals surface area (Å²) in [4.78, 5) is 33.8. The lowest BCUT2D eigenvalue weighted by Gasteiger charge is -2.52. The van der Waals surface area contributed by atoms with Crippen LogP contribution in [0, 0.1) is 10.8 Å². The van der Waals surface area contributed by atoms with Crippen LogP contribution in [-0.4, -0.2) is 92.9 Å². The minimum Gasteiger partial charge on any atom is -0.494 e. The molecule has 0 aliphatic carbocycles. The number of rotatable bonds is 8. The number of anilines is 3. The van der Waals surface area contributed by atoms with Crippen molar-refractivity contribution in [1.29, 1.82) is 5.41 Å². The van der Waals surface area contributed by atoms with E-state index in [0.29, 0.717) is 47.1 Å². The summed E-state index contributed by atoms with van der Waals surface area (Å²) in [5.41, 5.74) is 1.11. The third-order valence-corrected chi connectivity index (χ3v) is 7.99. The summed E-state index contributed by atoms with van der Waals surface area (Å²) in [5.74, 6) is 0.343. The van der Waals surface area contributed by atoms with Crippen LogP contribution in [0.5, 0.6) is 11.5 Å². The van der Waals surface area contributed by atoms with E-state index in [0.717, 1.165) is 45.7 Å². The first-order valence-electron chi connectivity index (χ1n) is 14.4. The molecule has 2 aromatic rings. The van der Waals surface area contributed by atoms with Crippen LogP contribution in [0.15, 0.2) is 24.4 Å². The molecule has 3 aliphatic heterocycles. The molecule has 12 nitrogen and oxygen atoms in total. The lowest BCUT2D eigenvalue weighted by molar-refractivity contribution is -0.115. The highest BCUT2D eigenvalue weighted by molar-refractivity contribution is 6.45. The van der Waals surface area contributed by atoms with E-state index in [9.17, 15) is 9.59 Å². The minimum atomic E-state index is -0.655. The number of likely N-dealkylation sites (tertiary alicyclic amines) is 1. The maximum atomic E-state index is 13.0. The van der Waals surface area contributed by atoms with Gasteiger partial charge in [-0.25, -0.2) is 9.78 Å². The predicted molar refractivity (Wildman–Crippen MR) is 163 cm³/mol. The second kappa shape index (κ2) is 12.6. The van der Waals surface area contributed by atoms with Gasteiger partial charge in [-0.1, -0.05) is 11.6 Å². The van der Waals surface area contributed by atoms with Gasteiger partial charge < -0.3 is 34.5 Å². The predicted octanol–water partition coefficient (Wildman–Crippen LogP) is 4.22. The van der Waals surface area contributed by atoms with E-state index in [4.69, 9.17) is 36.0 Å². The van der Waals surface area contributed by atoms with Gasteiger partial charge in [-0.3, -0.25) is 15.1 Å². The number of fused-ring (bicyclic) bond motifs is 1. The molecular weight excluding hydrogens is 576 g/mol. The van der Waals surface area contributed by atoms with Crippen molar-refractivity contribution in [2.75, 3.05) is 69.9 Å². The number of pyridine rings is 1. The first-order valence-corrected chi connectivity index (χ1v) is 14.8. The van der Waals surface area contributed by atoms with E-state index in [1.165, 1.54) is 18.2 Å². The molecule has 0 unspecified atom stereocenters. The zero-order valence-electron chi connectivity index (χ0n) is 25.0. The van der Waals surface area contributed by atoms with Gasteiger partial charge in [0, 0.05) is 68.7 Å². The van der Waals surface area contributed by atoms with Crippen molar-refractivity contribution >= 4 is 46.4 Å². The Morgan fingerprint density at radius 2 is 1.88 bits per heavy atom. The number of hydrogen-bond acceptors (Lipinski definition) is 10. The number of halogens is 1. The molecule has 0 bridgehead atoms. The molecule has 3 N–H and O–H groups in total. The quantitative estimate of drug-likeness (QED) is 0.295. The minimum absolute atomic E-state index is 0.184. The Balaban J connectivity index is 1.27. The molecule has 232 valence electrons. The summed E-state index contributed by atoms with van der Waals surface area (Å²) in [6.07, 6.45) is 3.08. The van der Waals surface area contributed by atoms with E-state index >= 15 is 0 Å². The van der Waals surface area contributed by atoms with Crippen molar-refractivity contribution in [3.63, 3.8) is 0 Å². The van der Waals surface area contributed by atoms with Gasteiger partial charge in [-0.05, 0) is 39.7 Å². The Morgan fingerprint density at radius 1 is 1.14 bits per heavy atom. The summed E-state index contributed by atoms with van der Waals surface area (Å²) >= 11 is 6.22. The van der Waals surface area contributed by atoms with Crippen LogP contribution in [0.1, 0.15) is 39.2 Å². The number of amides is 2. The summed E-state index contributed by atoms with van der Waals surface area (Å²) in [5, 5.41) is 14.9. The number of hydrogen-bond donors (Lipinski definition) is 3. The van der Waals surface area contributed by atoms with Gasteiger partial charge in [0.2, 0.25) is 0 Å². The molecule has 1 aromatic carbocycles. The number of nitrogens with zero attached hydrogens (tertiary/aromatic N) is 3. The Morgan fingerprint density at radius 3 is 2.58 bits per heavy atom. The second-order valence-electron chi connectivity index (χ2n) is 12.1. The SMILES string of the molecule is COc1cc2c(cc1Nc1cc(Cl)ncc1C(=N)C(=O)NCCN1CC3(CCOCC3)C1)OCCN2C(=O)OC(C)(C)C. The number of carbonyl (C=O) groups is 2. The Bertz CT molecular complexity index is 1380. The van der Waals surface area contributed by atoms with Gasteiger partial charge >= 0.3 is 6.09 Å². The number of methoxy groups -OCH3 is 1. The fraction of sp³-hybridized carbons (Fsp3) is 0.533. The van der Waals surface area contributed by atoms with Crippen molar-refractivity contribution < 1.29 is 28.5 Å². The molecule has 4 heterocycles. The molecule has 43 heavy (non-hydrogen) atoms. The topological polar surface area (TPSA) is 138 Å². The first-order chi connectivity index (χ1) is 20.5. The Kier molecular flexibility index (Phi) is 9.00. The van der Waals surface area contributed by atoms with E-state index in [1.54, 1.807) is 18.2 Å². The van der Waals surface area contributed by atoms with Crippen LogP contribution in [0.4, 0.5) is 21.9 Å². The normalized spacial score (nSPS) is 17.7. The molecule has 2 fully saturated rings. The van der Waals surface area contributed by atoms with Crippen molar-refractivity contribution in [1.82, 2.24) is 15.2 Å². The van der Waals surface area contributed by atoms with Gasteiger partial charge in [-0.2, -0.15) is 0 Å². The van der Waals surface area contributed by atoms with Crippen LogP contribution in [0.2, 0.25) is 5.15 Å². The molecule has 0 radical (unpaired) electrons. The van der Waals surface area contributed by atoms with Crippen LogP contribution >= 0.6 is 11.6 Å². The summed E-state index contributed by atoms with van der Waals surface area (Å²) < 4.78 is 22.6. The van der Waals surface area contributed by atoms with Gasteiger partial charge in [0.25, 0.3) is 5.91 Å². The first kappa shape index (κ1) is 30.8. The third-order valence-electron chi connectivity index (χ3n) is 7.78. The van der Waals surface area contributed by atoms with Gasteiger partial charge in [-0.15, -0.1) is 0 Å². The van der Waals surface area contributed by atoms with E-state index < -0.39 is 17.6 Å². The van der Waals surface area contributed by atoms with Crippen molar-refractivity contribution in [2.24, 2.45) is 5.41 Å². The van der Waals surface area contributed by atoms with Crippen LogP contribution in [0.3, 0.4) is 0 Å². The molecule has 0 atom stereocenters. The largest absolute Gasteiger partial charge is 0.494 e. The number of ether oxygens (including phenoxy) is 4. The average molecular weight is 615 g/mol. The van der Waals surface area contributed by atoms with Crippen molar-refractivity contribution in [3.8, 4) is 11.5 Å². The summed E-state index contributed by atoms with van der Waals surface area (Å²) in [6.45, 7) is 10.9. The molecule has 2 saturated heterocycles. The van der Waals surface area contributed by atoms with Crippen LogP contribution in [0.25, 0.3) is 0 Å². The van der Waals surface area contributed by atoms with Gasteiger partial charge in [0.1, 0.15) is 34.6 Å². The molecule has 1 aromatic heterocycles. The zero-order chi connectivity index (χ0) is 30.8. The fourth-order valence-corrected chi connectivity index (χ4v) is 5.77. The van der Waals surface area contributed by atoms with Crippen molar-refractivity contribution in [2.45, 2.75) is 39.2 Å². The molecular formula is C30H39ClN6O6. The van der Waals surface area contributed by atoms with E-state index in [1.807, 2.05) is 20.8 Å². The lowest BCUT2D eigenvalue weighted by Crippen LogP contribution is -2.59. The standard InChI is InChI=1S/C30H39ClN6O6/c1-29(2,3)43-28(39)37-9-12-42-24-13-21(23(40-4)15-22(24)37)35-20-14-25(31)34-16-19(20)26(32)27(38)33-7-8-36-17-30(18-36)5-10-41-11-6-30/h13-16,32H,5-12,17-18H2,1-4H3,(H,33,38)(H,34,35). The lowest BCUT2D eigenvalue weighted by atomic mass is 9.73. The highest BCUT2D eigenvalue weighted by atomic mass is 35.5. The number of aromatic nitrogens is 1. The van der Waals surface area contributed by atoms with Crippen molar-refractivity contribution in [3.05, 3.63) is 35.1 Å². The number of nitrogens with one attached hydrogen (secondary N) is 3. The maximum absolute atomic E-state index is 13.0. The fourth-order valence-electron chi connectivity index (χ4n) is 5.61. The zero-order valence-corrected chi connectivity index (χ0v) is 25.8. The number of benzene rings is 1. The van der Waals surface area contributed by atoms with Gasteiger partial charge in [0.15, 0.2) is 0 Å². The van der Waals surface area contributed by atoms with Gasteiger partial charge in [0.05, 0.1) is 30.7 Å². The summed E-state index contributed by atoms with van der Waals surface area (Å²) in [7, 11) is 1.51. The summed E-state index contributed by atoms with van der Waals surface area (Å²) in [6, 6.07) is 4.92. The molecule has 3 aliphatic rings. The van der Waals surface area contributed by atoms with E-state index in [-0.39, 0.29) is 23.0 Å². The molecule has 2 amide bonds.